The number of rotatable bonds is 2. The van der Waals surface area contributed by atoms with Crippen molar-refractivity contribution in [2.45, 2.75) is 12.2 Å². The summed E-state index contributed by atoms with van der Waals surface area (Å²) in [6, 6.07) is 7.62. The molecule has 14 heavy (non-hydrogen) atoms. The number of aliphatic hydroxyl groups excluding tert-OH is 2. The molecule has 0 amide bonds. The molecule has 0 aliphatic carbocycles. The molecule has 3 N–H and O–H groups in total. The highest BCUT2D eigenvalue weighted by molar-refractivity contribution is 5.83. The predicted octanol–water partition coefficient (Wildman–Crippen LogP) is 1.40. The molecule has 0 fully saturated rings. The van der Waals surface area contributed by atoms with Gasteiger partial charge in [-0.3, -0.25) is 0 Å². The van der Waals surface area contributed by atoms with Gasteiger partial charge in [-0.25, -0.2) is 0 Å². The molecule has 1 aromatic carbocycles. The summed E-state index contributed by atoms with van der Waals surface area (Å²) in [7, 11) is 0. The summed E-state index contributed by atoms with van der Waals surface area (Å²) in [6.45, 7) is 3.39. The van der Waals surface area contributed by atoms with E-state index in [0.29, 0.717) is 5.56 Å². The van der Waals surface area contributed by atoms with Crippen molar-refractivity contribution in [3.63, 3.8) is 0 Å². The molecule has 0 bridgehead atoms. The van der Waals surface area contributed by atoms with E-state index < -0.39 is 12.2 Å². The van der Waals surface area contributed by atoms with Crippen LogP contribution < -0.4 is 0 Å². The molecule has 2 atom stereocenters. The van der Waals surface area contributed by atoms with Crippen molar-refractivity contribution in [3.8, 4) is 0 Å². The first-order valence-corrected chi connectivity index (χ1v) is 4.45. The van der Waals surface area contributed by atoms with E-state index in [1.807, 2.05) is 24.3 Å². The Kier molecular flexibility index (Phi) is 2.27. The molecule has 1 heterocycles. The van der Waals surface area contributed by atoms with Crippen molar-refractivity contribution in [1.82, 2.24) is 4.98 Å². The average molecular weight is 190 g/mol. The van der Waals surface area contributed by atoms with Gasteiger partial charge in [0.2, 0.25) is 0 Å². The zero-order valence-electron chi connectivity index (χ0n) is 7.64. The highest BCUT2D eigenvalue weighted by Crippen LogP contribution is 2.25. The number of nitrogens with one attached hydrogen (secondary N) is 1. The van der Waals surface area contributed by atoms with Crippen LogP contribution >= 0.6 is 0 Å². The van der Waals surface area contributed by atoms with E-state index in [2.05, 4.69) is 11.9 Å². The molecule has 0 saturated heterocycles. The molecule has 0 spiro atoms. The van der Waals surface area contributed by atoms with Gasteiger partial charge >= 0.3 is 0 Å². The van der Waals surface area contributed by atoms with E-state index in [1.54, 1.807) is 6.20 Å². The smallest absolute Gasteiger partial charge is 0.107 e. The predicted molar refractivity (Wildman–Crippen MR) is 54.6 cm³/mol. The fourth-order valence-corrected chi connectivity index (χ4v) is 1.55. The van der Waals surface area contributed by atoms with Crippen molar-refractivity contribution >= 4 is 10.9 Å². The summed E-state index contributed by atoms with van der Waals surface area (Å²) in [5.74, 6) is 0. The standard InChI is InChI=1S/C11H12NO2/c1-7(13)11(14)9-6-12-10-5-3-2-4-8(9)10/h2-7,11-14H,1H2. The van der Waals surface area contributed by atoms with Gasteiger partial charge in [0.15, 0.2) is 0 Å². The normalized spacial score (nSPS) is 15.6. The Labute approximate surface area is 82.0 Å². The lowest BCUT2D eigenvalue weighted by Gasteiger charge is -2.12. The SMILES string of the molecule is [CH2]C(O)C(O)c1c[nH]c2ccccc12. The Morgan fingerprint density at radius 3 is 2.64 bits per heavy atom. The molecule has 2 aromatic rings. The monoisotopic (exact) mass is 190 g/mol. The zero-order chi connectivity index (χ0) is 10.1. The second-order valence-electron chi connectivity index (χ2n) is 3.30. The van der Waals surface area contributed by atoms with Gasteiger partial charge in [-0.05, 0) is 13.0 Å². The fraction of sp³-hybridized carbons (Fsp3) is 0.182. The molecule has 2 rings (SSSR count). The summed E-state index contributed by atoms with van der Waals surface area (Å²) in [5.41, 5.74) is 1.63. The highest BCUT2D eigenvalue weighted by atomic mass is 16.3. The number of para-hydroxylation sites is 1. The van der Waals surface area contributed by atoms with E-state index in [9.17, 15) is 10.2 Å². The number of aromatic amines is 1. The van der Waals surface area contributed by atoms with E-state index in [0.717, 1.165) is 10.9 Å². The zero-order valence-corrected chi connectivity index (χ0v) is 7.64. The van der Waals surface area contributed by atoms with E-state index in [-0.39, 0.29) is 0 Å². The van der Waals surface area contributed by atoms with Crippen molar-refractivity contribution in [2.75, 3.05) is 0 Å². The summed E-state index contributed by atoms with van der Waals surface area (Å²) in [5, 5.41) is 19.7. The van der Waals surface area contributed by atoms with Crippen LogP contribution in [0.25, 0.3) is 10.9 Å². The first kappa shape index (κ1) is 9.24. The van der Waals surface area contributed by atoms with Crippen molar-refractivity contribution in [1.29, 1.82) is 0 Å². The summed E-state index contributed by atoms with van der Waals surface area (Å²) >= 11 is 0. The van der Waals surface area contributed by atoms with Crippen LogP contribution in [0.15, 0.2) is 30.5 Å². The van der Waals surface area contributed by atoms with Crippen LogP contribution in [-0.2, 0) is 0 Å². The largest absolute Gasteiger partial charge is 0.390 e. The number of aromatic nitrogens is 1. The molecule has 0 saturated carbocycles. The van der Waals surface area contributed by atoms with Crippen LogP contribution in [0.1, 0.15) is 11.7 Å². The minimum atomic E-state index is -1.01. The summed E-state index contributed by atoms with van der Waals surface area (Å²) in [6.07, 6.45) is -0.246. The summed E-state index contributed by atoms with van der Waals surface area (Å²) < 4.78 is 0. The molecule has 1 radical (unpaired) electrons. The Hall–Kier alpha value is -1.32. The van der Waals surface area contributed by atoms with Crippen LogP contribution in [0.4, 0.5) is 0 Å². The average Bonchev–Trinajstić information content (AvgIpc) is 2.60. The minimum absolute atomic E-state index is 0.683. The van der Waals surface area contributed by atoms with Gasteiger partial charge in [0, 0.05) is 22.7 Å². The van der Waals surface area contributed by atoms with Crippen LogP contribution in [0.5, 0.6) is 0 Å². The van der Waals surface area contributed by atoms with Crippen molar-refractivity contribution < 1.29 is 10.2 Å². The number of hydrogen-bond donors (Lipinski definition) is 3. The first-order chi connectivity index (χ1) is 6.70. The van der Waals surface area contributed by atoms with Crippen LogP contribution in [-0.4, -0.2) is 21.3 Å². The third-order valence-corrected chi connectivity index (χ3v) is 2.30. The minimum Gasteiger partial charge on any atom is -0.390 e. The highest BCUT2D eigenvalue weighted by Gasteiger charge is 2.17. The van der Waals surface area contributed by atoms with Gasteiger partial charge in [-0.1, -0.05) is 18.2 Å². The van der Waals surface area contributed by atoms with Gasteiger partial charge in [0.05, 0.1) is 6.10 Å². The maximum absolute atomic E-state index is 9.65. The number of benzene rings is 1. The van der Waals surface area contributed by atoms with E-state index in [4.69, 9.17) is 0 Å². The molecular formula is C11H12NO2. The summed E-state index contributed by atoms with van der Waals surface area (Å²) in [4.78, 5) is 3.03. The number of fused-ring (bicyclic) bond motifs is 1. The topological polar surface area (TPSA) is 56.2 Å². The first-order valence-electron chi connectivity index (χ1n) is 4.45. The van der Waals surface area contributed by atoms with Gasteiger partial charge in [0.1, 0.15) is 6.10 Å². The van der Waals surface area contributed by atoms with Crippen molar-refractivity contribution in [2.24, 2.45) is 0 Å². The Morgan fingerprint density at radius 1 is 1.21 bits per heavy atom. The second kappa shape index (κ2) is 3.44. The Bertz CT molecular complexity index is 434. The van der Waals surface area contributed by atoms with Crippen molar-refractivity contribution in [3.05, 3.63) is 42.9 Å². The maximum Gasteiger partial charge on any atom is 0.107 e. The second-order valence-corrected chi connectivity index (χ2v) is 3.30. The van der Waals surface area contributed by atoms with Gasteiger partial charge in [-0.15, -0.1) is 0 Å². The molecule has 3 heteroatoms. The number of hydrogen-bond acceptors (Lipinski definition) is 2. The molecule has 73 valence electrons. The van der Waals surface area contributed by atoms with Gasteiger partial charge in [-0.2, -0.15) is 0 Å². The lowest BCUT2D eigenvalue weighted by molar-refractivity contribution is 0.0475. The van der Waals surface area contributed by atoms with E-state index >= 15 is 0 Å². The van der Waals surface area contributed by atoms with Gasteiger partial charge < -0.3 is 15.2 Å². The number of aliphatic hydroxyl groups is 2. The fourth-order valence-electron chi connectivity index (χ4n) is 1.55. The third-order valence-electron chi connectivity index (χ3n) is 2.30. The van der Waals surface area contributed by atoms with Crippen LogP contribution in [0, 0.1) is 6.92 Å². The molecule has 0 aliphatic rings. The number of H-pyrrole nitrogens is 1. The lowest BCUT2D eigenvalue weighted by Crippen LogP contribution is -2.13. The van der Waals surface area contributed by atoms with Crippen LogP contribution in [0.2, 0.25) is 0 Å². The quantitative estimate of drug-likeness (QED) is 0.670. The molecule has 3 nitrogen and oxygen atoms in total. The maximum atomic E-state index is 9.65. The molecule has 1 aromatic heterocycles. The van der Waals surface area contributed by atoms with E-state index in [1.165, 1.54) is 0 Å². The Balaban J connectivity index is 2.53. The Morgan fingerprint density at radius 2 is 1.93 bits per heavy atom. The van der Waals surface area contributed by atoms with Crippen LogP contribution in [0.3, 0.4) is 0 Å². The third kappa shape index (κ3) is 1.41. The lowest BCUT2D eigenvalue weighted by atomic mass is 10.0. The molecule has 2 unspecified atom stereocenters. The van der Waals surface area contributed by atoms with Gasteiger partial charge in [0.25, 0.3) is 0 Å². The molecule has 0 aliphatic heterocycles. The molecular weight excluding hydrogens is 178 g/mol.